The molecule has 5 nitrogen and oxygen atoms in total. The number of aryl methyl sites for hydroxylation is 1. The summed E-state index contributed by atoms with van der Waals surface area (Å²) >= 11 is 0. The molecule has 0 bridgehead atoms. The summed E-state index contributed by atoms with van der Waals surface area (Å²) in [6, 6.07) is 10.8. The number of rotatable bonds is 6. The summed E-state index contributed by atoms with van der Waals surface area (Å²) < 4.78 is 0. The molecule has 31 heavy (non-hydrogen) atoms. The van der Waals surface area contributed by atoms with E-state index < -0.39 is 0 Å². The maximum absolute atomic E-state index is 4.95. The second-order valence-electron chi connectivity index (χ2n) is 8.96. The van der Waals surface area contributed by atoms with Crippen molar-refractivity contribution in [1.29, 1.82) is 0 Å². The zero-order valence-corrected chi connectivity index (χ0v) is 19.6. The SMILES string of the molecule is CCC(C)C(C)(CC)c1ccccc1N1CN(C)c2nc(-c3ccncc3C)ncc21. The number of fused-ring (bicyclic) bond motifs is 1. The normalized spacial score (nSPS) is 16.2. The Morgan fingerprint density at radius 2 is 1.87 bits per heavy atom. The summed E-state index contributed by atoms with van der Waals surface area (Å²) in [6.45, 7) is 12.2. The number of aromatic nitrogens is 3. The van der Waals surface area contributed by atoms with Crippen LogP contribution < -0.4 is 9.80 Å². The molecule has 0 fully saturated rings. The lowest BCUT2D eigenvalue weighted by atomic mass is 9.69. The molecule has 2 unspecified atom stereocenters. The minimum absolute atomic E-state index is 0.113. The van der Waals surface area contributed by atoms with Gasteiger partial charge in [0.25, 0.3) is 0 Å². The van der Waals surface area contributed by atoms with Crippen LogP contribution in [0.4, 0.5) is 17.2 Å². The quantitative estimate of drug-likeness (QED) is 0.486. The first-order valence-electron chi connectivity index (χ1n) is 11.3. The standard InChI is InChI=1S/C26H33N5/c1-7-19(4)26(5,8-2)21-11-9-10-12-22(21)31-17-30(6)25-23(31)16-28-24(29-25)20-13-14-27-15-18(20)3/h9-16,19H,7-8,17H2,1-6H3. The number of pyridine rings is 1. The Morgan fingerprint density at radius 1 is 1.10 bits per heavy atom. The van der Waals surface area contributed by atoms with E-state index in [0.29, 0.717) is 5.92 Å². The molecule has 162 valence electrons. The molecule has 0 N–H and O–H groups in total. The van der Waals surface area contributed by atoms with Gasteiger partial charge in [-0.25, -0.2) is 9.97 Å². The summed E-state index contributed by atoms with van der Waals surface area (Å²) in [4.78, 5) is 18.5. The molecule has 0 radical (unpaired) electrons. The van der Waals surface area contributed by atoms with Gasteiger partial charge in [0, 0.05) is 30.7 Å². The van der Waals surface area contributed by atoms with Crippen LogP contribution in [0, 0.1) is 12.8 Å². The van der Waals surface area contributed by atoms with Gasteiger partial charge in [-0.15, -0.1) is 0 Å². The lowest BCUT2D eigenvalue weighted by molar-refractivity contribution is 0.296. The summed E-state index contributed by atoms with van der Waals surface area (Å²) in [5.41, 5.74) is 5.95. The van der Waals surface area contributed by atoms with Gasteiger partial charge in [0.15, 0.2) is 11.6 Å². The maximum atomic E-state index is 4.95. The second kappa shape index (κ2) is 8.29. The van der Waals surface area contributed by atoms with Gasteiger partial charge in [-0.3, -0.25) is 4.98 Å². The molecule has 3 heterocycles. The van der Waals surface area contributed by atoms with Crippen LogP contribution in [-0.2, 0) is 5.41 Å². The molecule has 0 saturated carbocycles. The molecular weight excluding hydrogens is 382 g/mol. The van der Waals surface area contributed by atoms with Crippen molar-refractivity contribution in [2.45, 2.75) is 52.9 Å². The van der Waals surface area contributed by atoms with Crippen LogP contribution in [0.5, 0.6) is 0 Å². The molecule has 0 aliphatic carbocycles. The van der Waals surface area contributed by atoms with Crippen LogP contribution in [-0.4, -0.2) is 28.7 Å². The highest BCUT2D eigenvalue weighted by molar-refractivity contribution is 5.82. The van der Waals surface area contributed by atoms with E-state index in [0.717, 1.165) is 48.0 Å². The monoisotopic (exact) mass is 415 g/mol. The minimum atomic E-state index is 0.113. The van der Waals surface area contributed by atoms with Crippen molar-refractivity contribution >= 4 is 17.2 Å². The number of hydrogen-bond donors (Lipinski definition) is 0. The van der Waals surface area contributed by atoms with E-state index in [-0.39, 0.29) is 5.41 Å². The zero-order valence-electron chi connectivity index (χ0n) is 19.6. The Hall–Kier alpha value is -2.95. The van der Waals surface area contributed by atoms with Crippen LogP contribution in [0.15, 0.2) is 48.9 Å². The average Bonchev–Trinajstić information content (AvgIpc) is 3.14. The number of nitrogens with zero attached hydrogens (tertiary/aromatic N) is 5. The first-order chi connectivity index (χ1) is 14.9. The molecule has 0 spiro atoms. The molecule has 2 atom stereocenters. The van der Waals surface area contributed by atoms with Crippen LogP contribution in [0.25, 0.3) is 11.4 Å². The summed E-state index contributed by atoms with van der Waals surface area (Å²) in [5.74, 6) is 2.31. The predicted octanol–water partition coefficient (Wildman–Crippen LogP) is 6.11. The predicted molar refractivity (Wildman–Crippen MR) is 129 cm³/mol. The van der Waals surface area contributed by atoms with Gasteiger partial charge in [0.1, 0.15) is 5.69 Å². The lowest BCUT2D eigenvalue weighted by Gasteiger charge is -2.38. The van der Waals surface area contributed by atoms with Crippen molar-refractivity contribution in [3.8, 4) is 11.4 Å². The van der Waals surface area contributed by atoms with E-state index in [1.807, 2.05) is 25.4 Å². The van der Waals surface area contributed by atoms with E-state index in [9.17, 15) is 0 Å². The number of benzene rings is 1. The Kier molecular flexibility index (Phi) is 5.69. The van der Waals surface area contributed by atoms with Gasteiger partial charge in [-0.2, -0.15) is 0 Å². The van der Waals surface area contributed by atoms with E-state index >= 15 is 0 Å². The summed E-state index contributed by atoms with van der Waals surface area (Å²) in [7, 11) is 2.10. The van der Waals surface area contributed by atoms with Crippen LogP contribution in [0.1, 0.15) is 51.7 Å². The third-order valence-corrected chi connectivity index (χ3v) is 7.26. The molecule has 1 aliphatic rings. The highest BCUT2D eigenvalue weighted by atomic mass is 15.4. The second-order valence-corrected chi connectivity index (χ2v) is 8.96. The molecule has 1 aliphatic heterocycles. The molecule has 5 heteroatoms. The molecule has 3 aromatic rings. The van der Waals surface area contributed by atoms with E-state index in [1.54, 1.807) is 6.20 Å². The third-order valence-electron chi connectivity index (χ3n) is 7.26. The number of anilines is 3. The Labute approximate surface area is 186 Å². The van der Waals surface area contributed by atoms with Gasteiger partial charge >= 0.3 is 0 Å². The van der Waals surface area contributed by atoms with Crippen molar-refractivity contribution < 1.29 is 0 Å². The molecule has 4 rings (SSSR count). The Balaban J connectivity index is 1.80. The fourth-order valence-corrected chi connectivity index (χ4v) is 4.70. The molecular formula is C26H33N5. The summed E-state index contributed by atoms with van der Waals surface area (Å²) in [6.07, 6.45) is 7.90. The van der Waals surface area contributed by atoms with Crippen molar-refractivity contribution in [3.05, 3.63) is 60.0 Å². The fraction of sp³-hybridized carbons (Fsp3) is 0.423. The van der Waals surface area contributed by atoms with E-state index in [2.05, 4.69) is 73.8 Å². The van der Waals surface area contributed by atoms with Gasteiger partial charge in [-0.1, -0.05) is 52.3 Å². The highest BCUT2D eigenvalue weighted by Crippen LogP contribution is 2.46. The van der Waals surface area contributed by atoms with Gasteiger partial charge in [-0.05, 0) is 47.9 Å². The molecule has 0 saturated heterocycles. The molecule has 2 aromatic heterocycles. The summed E-state index contributed by atoms with van der Waals surface area (Å²) in [5, 5.41) is 0. The van der Waals surface area contributed by atoms with E-state index in [4.69, 9.17) is 9.97 Å². The molecule has 0 amide bonds. The van der Waals surface area contributed by atoms with Crippen LogP contribution >= 0.6 is 0 Å². The Bertz CT molecular complexity index is 1080. The van der Waals surface area contributed by atoms with Crippen molar-refractivity contribution in [3.63, 3.8) is 0 Å². The van der Waals surface area contributed by atoms with Gasteiger partial charge in [0.2, 0.25) is 0 Å². The molecule has 1 aromatic carbocycles. The number of para-hydroxylation sites is 1. The van der Waals surface area contributed by atoms with Gasteiger partial charge in [0.05, 0.1) is 12.9 Å². The topological polar surface area (TPSA) is 45.2 Å². The van der Waals surface area contributed by atoms with Crippen LogP contribution in [0.2, 0.25) is 0 Å². The number of hydrogen-bond acceptors (Lipinski definition) is 5. The van der Waals surface area contributed by atoms with E-state index in [1.165, 1.54) is 11.3 Å². The average molecular weight is 416 g/mol. The fourth-order valence-electron chi connectivity index (χ4n) is 4.70. The zero-order chi connectivity index (χ0) is 22.2. The first-order valence-corrected chi connectivity index (χ1v) is 11.3. The Morgan fingerprint density at radius 3 is 2.58 bits per heavy atom. The largest absolute Gasteiger partial charge is 0.340 e. The highest BCUT2D eigenvalue weighted by Gasteiger charge is 2.36. The van der Waals surface area contributed by atoms with Crippen molar-refractivity contribution in [2.75, 3.05) is 23.5 Å². The first kappa shape index (κ1) is 21.3. The lowest BCUT2D eigenvalue weighted by Crippen LogP contribution is -2.33. The van der Waals surface area contributed by atoms with Crippen LogP contribution in [0.3, 0.4) is 0 Å². The van der Waals surface area contributed by atoms with Crippen molar-refractivity contribution in [2.24, 2.45) is 5.92 Å². The van der Waals surface area contributed by atoms with Gasteiger partial charge < -0.3 is 9.80 Å². The minimum Gasteiger partial charge on any atom is -0.340 e. The maximum Gasteiger partial charge on any atom is 0.162 e. The van der Waals surface area contributed by atoms with Crippen molar-refractivity contribution in [1.82, 2.24) is 15.0 Å². The third kappa shape index (κ3) is 3.56. The smallest absolute Gasteiger partial charge is 0.162 e.